The summed E-state index contributed by atoms with van der Waals surface area (Å²) in [4.78, 5) is 2.46. The molecule has 2 heterocycles. The fourth-order valence-electron chi connectivity index (χ4n) is 3.16. The standard InChI is InChI=1S/C19H19N3OS/c1-12-17-18(24-14-10-8-13(23-3)9-11-14)15-6-4-5-7-16(15)20-19(17)22(2)21-12/h4-11,19-20H,1-3H3. The van der Waals surface area contributed by atoms with Gasteiger partial charge >= 0.3 is 0 Å². The van der Waals surface area contributed by atoms with Gasteiger partial charge in [-0.05, 0) is 37.3 Å². The van der Waals surface area contributed by atoms with E-state index in [-0.39, 0.29) is 6.17 Å². The van der Waals surface area contributed by atoms with E-state index in [0.29, 0.717) is 0 Å². The Kier molecular flexibility index (Phi) is 3.73. The van der Waals surface area contributed by atoms with Crippen molar-refractivity contribution < 1.29 is 4.74 Å². The van der Waals surface area contributed by atoms with Crippen LogP contribution in [0.1, 0.15) is 12.5 Å². The Labute approximate surface area is 146 Å². The third-order valence-electron chi connectivity index (χ3n) is 4.33. The second-order valence-electron chi connectivity index (χ2n) is 5.87. The maximum absolute atomic E-state index is 5.26. The maximum atomic E-state index is 5.26. The fourth-order valence-corrected chi connectivity index (χ4v) is 4.32. The van der Waals surface area contributed by atoms with Gasteiger partial charge in [0.05, 0.1) is 12.8 Å². The van der Waals surface area contributed by atoms with Gasteiger partial charge in [-0.25, -0.2) is 0 Å². The third-order valence-corrected chi connectivity index (χ3v) is 5.48. The minimum absolute atomic E-state index is 0.0978. The summed E-state index contributed by atoms with van der Waals surface area (Å²) in [6, 6.07) is 16.6. The van der Waals surface area contributed by atoms with Crippen molar-refractivity contribution in [2.75, 3.05) is 19.5 Å². The van der Waals surface area contributed by atoms with E-state index in [9.17, 15) is 0 Å². The predicted octanol–water partition coefficient (Wildman–Crippen LogP) is 4.27. The lowest BCUT2D eigenvalue weighted by Crippen LogP contribution is -2.35. The molecule has 0 bridgehead atoms. The molecule has 2 aliphatic rings. The highest BCUT2D eigenvalue weighted by Crippen LogP contribution is 2.46. The Hall–Kier alpha value is -2.40. The monoisotopic (exact) mass is 337 g/mol. The zero-order chi connectivity index (χ0) is 16.7. The second-order valence-corrected chi connectivity index (χ2v) is 6.96. The molecule has 1 unspecified atom stereocenters. The van der Waals surface area contributed by atoms with Crippen LogP contribution in [0.3, 0.4) is 0 Å². The number of nitrogens with one attached hydrogen (secondary N) is 1. The number of hydrazone groups is 1. The molecule has 0 fully saturated rings. The topological polar surface area (TPSA) is 36.9 Å². The molecule has 0 amide bonds. The number of nitrogens with zero attached hydrogens (tertiary/aromatic N) is 2. The van der Waals surface area contributed by atoms with Gasteiger partial charge < -0.3 is 10.1 Å². The number of para-hydroxylation sites is 1. The van der Waals surface area contributed by atoms with Crippen molar-refractivity contribution in [2.45, 2.75) is 18.0 Å². The average molecular weight is 337 g/mol. The Morgan fingerprint density at radius 2 is 1.88 bits per heavy atom. The van der Waals surface area contributed by atoms with Gasteiger partial charge in [-0.15, -0.1) is 0 Å². The number of likely N-dealkylation sites (N-methyl/N-ethyl adjacent to an activating group) is 1. The number of anilines is 1. The first-order valence-electron chi connectivity index (χ1n) is 7.88. The molecule has 0 radical (unpaired) electrons. The van der Waals surface area contributed by atoms with Crippen molar-refractivity contribution in [3.8, 4) is 5.75 Å². The van der Waals surface area contributed by atoms with Crippen LogP contribution in [0.4, 0.5) is 5.69 Å². The summed E-state index contributed by atoms with van der Waals surface area (Å²) in [5, 5.41) is 10.2. The van der Waals surface area contributed by atoms with Gasteiger partial charge in [0.15, 0.2) is 0 Å². The molecular formula is C19H19N3OS. The summed E-state index contributed by atoms with van der Waals surface area (Å²) in [6.07, 6.45) is 0.0978. The van der Waals surface area contributed by atoms with Gasteiger partial charge in [-0.2, -0.15) is 5.10 Å². The lowest BCUT2D eigenvalue weighted by atomic mass is 9.99. The molecule has 4 rings (SSSR count). The van der Waals surface area contributed by atoms with E-state index in [1.165, 1.54) is 20.9 Å². The molecule has 0 saturated carbocycles. The number of hydrogen-bond acceptors (Lipinski definition) is 5. The van der Waals surface area contributed by atoms with Crippen LogP contribution in [-0.2, 0) is 0 Å². The van der Waals surface area contributed by atoms with E-state index in [4.69, 9.17) is 4.74 Å². The number of methoxy groups -OCH3 is 1. The van der Waals surface area contributed by atoms with Crippen molar-refractivity contribution >= 4 is 28.1 Å². The third kappa shape index (κ3) is 2.45. The number of fused-ring (bicyclic) bond motifs is 2. The molecule has 5 heteroatoms. The molecule has 0 spiro atoms. The Morgan fingerprint density at radius 1 is 1.12 bits per heavy atom. The van der Waals surface area contributed by atoms with Gasteiger partial charge in [0.25, 0.3) is 0 Å². The molecule has 1 N–H and O–H groups in total. The first-order chi connectivity index (χ1) is 11.7. The fraction of sp³-hybridized carbons (Fsp3) is 0.211. The van der Waals surface area contributed by atoms with Crippen molar-refractivity contribution in [2.24, 2.45) is 5.10 Å². The van der Waals surface area contributed by atoms with E-state index >= 15 is 0 Å². The number of benzene rings is 2. The highest BCUT2D eigenvalue weighted by molar-refractivity contribution is 8.08. The van der Waals surface area contributed by atoms with E-state index in [0.717, 1.165) is 17.1 Å². The van der Waals surface area contributed by atoms with Gasteiger partial charge in [0.2, 0.25) is 0 Å². The molecular weight excluding hydrogens is 318 g/mol. The lowest BCUT2D eigenvalue weighted by molar-refractivity contribution is 0.334. The highest BCUT2D eigenvalue weighted by atomic mass is 32.2. The Balaban J connectivity index is 1.80. The van der Waals surface area contributed by atoms with Gasteiger partial charge in [0.1, 0.15) is 11.9 Å². The zero-order valence-electron chi connectivity index (χ0n) is 13.9. The van der Waals surface area contributed by atoms with Crippen LogP contribution in [0, 0.1) is 0 Å². The molecule has 0 aliphatic carbocycles. The Morgan fingerprint density at radius 3 is 2.62 bits per heavy atom. The van der Waals surface area contributed by atoms with Gasteiger partial charge in [-0.3, -0.25) is 5.01 Å². The van der Waals surface area contributed by atoms with Gasteiger partial charge in [-0.1, -0.05) is 30.0 Å². The van der Waals surface area contributed by atoms with Crippen LogP contribution >= 0.6 is 11.8 Å². The summed E-state index contributed by atoms with van der Waals surface area (Å²) in [7, 11) is 3.70. The second kappa shape index (κ2) is 5.91. The normalized spacial score (nSPS) is 18.7. The number of hydrogen-bond donors (Lipinski definition) is 1. The molecule has 0 aromatic heterocycles. The minimum atomic E-state index is 0.0978. The van der Waals surface area contributed by atoms with Crippen LogP contribution < -0.4 is 10.1 Å². The first-order valence-corrected chi connectivity index (χ1v) is 8.69. The van der Waals surface area contributed by atoms with E-state index < -0.39 is 0 Å². The number of ether oxygens (including phenoxy) is 1. The molecule has 2 aliphatic heterocycles. The van der Waals surface area contributed by atoms with Crippen molar-refractivity contribution in [1.29, 1.82) is 0 Å². The van der Waals surface area contributed by atoms with E-state index in [1.807, 2.05) is 24.2 Å². The largest absolute Gasteiger partial charge is 0.497 e. The molecule has 4 nitrogen and oxygen atoms in total. The summed E-state index contributed by atoms with van der Waals surface area (Å²) < 4.78 is 5.26. The summed E-state index contributed by atoms with van der Waals surface area (Å²) in [6.45, 7) is 2.08. The van der Waals surface area contributed by atoms with Crippen LogP contribution in [0.15, 0.2) is 64.1 Å². The number of thioether (sulfide) groups is 1. The molecule has 24 heavy (non-hydrogen) atoms. The van der Waals surface area contributed by atoms with Crippen LogP contribution in [-0.4, -0.2) is 31.0 Å². The quantitative estimate of drug-likeness (QED) is 0.907. The minimum Gasteiger partial charge on any atom is -0.497 e. The summed E-state index contributed by atoms with van der Waals surface area (Å²) in [5.74, 6) is 0.874. The average Bonchev–Trinajstić information content (AvgIpc) is 2.89. The highest BCUT2D eigenvalue weighted by Gasteiger charge is 2.35. The van der Waals surface area contributed by atoms with Crippen molar-refractivity contribution in [3.05, 3.63) is 59.7 Å². The predicted molar refractivity (Wildman–Crippen MR) is 100 cm³/mol. The summed E-state index contributed by atoms with van der Waals surface area (Å²) in [5.41, 5.74) is 4.71. The van der Waals surface area contributed by atoms with Crippen LogP contribution in [0.2, 0.25) is 0 Å². The smallest absolute Gasteiger partial charge is 0.144 e. The molecule has 2 aromatic rings. The van der Waals surface area contributed by atoms with E-state index in [2.05, 4.69) is 53.7 Å². The van der Waals surface area contributed by atoms with Crippen molar-refractivity contribution in [3.63, 3.8) is 0 Å². The lowest BCUT2D eigenvalue weighted by Gasteiger charge is -2.30. The maximum Gasteiger partial charge on any atom is 0.144 e. The van der Waals surface area contributed by atoms with E-state index in [1.54, 1.807) is 18.9 Å². The van der Waals surface area contributed by atoms with Crippen LogP contribution in [0.5, 0.6) is 5.75 Å². The SMILES string of the molecule is COc1ccc(SC2=C3C(C)=NN(C)C3Nc3ccccc32)cc1. The number of rotatable bonds is 3. The Bertz CT molecular complexity index is 842. The van der Waals surface area contributed by atoms with Crippen molar-refractivity contribution in [1.82, 2.24) is 5.01 Å². The molecule has 122 valence electrons. The zero-order valence-corrected chi connectivity index (χ0v) is 14.7. The van der Waals surface area contributed by atoms with Crippen LogP contribution in [0.25, 0.3) is 4.91 Å². The molecule has 1 atom stereocenters. The molecule has 2 aromatic carbocycles. The molecule has 0 saturated heterocycles. The summed E-state index contributed by atoms with van der Waals surface area (Å²) >= 11 is 1.79. The first kappa shape index (κ1) is 15.1. The van der Waals surface area contributed by atoms with Gasteiger partial charge in [0, 0.05) is 33.7 Å².